The van der Waals surface area contributed by atoms with E-state index in [0.717, 1.165) is 12.8 Å². The Hall–Kier alpha value is -0.700. The summed E-state index contributed by atoms with van der Waals surface area (Å²) < 4.78 is 37.8. The van der Waals surface area contributed by atoms with Crippen molar-refractivity contribution in [2.75, 3.05) is 0 Å². The number of hydrogen-bond donors (Lipinski definition) is 0. The van der Waals surface area contributed by atoms with Crippen LogP contribution in [-0.2, 0) is 6.18 Å². The third-order valence-corrected chi connectivity index (χ3v) is 3.08. The Labute approximate surface area is 98.4 Å². The third-order valence-electron chi connectivity index (χ3n) is 2.75. The van der Waals surface area contributed by atoms with Crippen LogP contribution in [0, 0.1) is 0 Å². The summed E-state index contributed by atoms with van der Waals surface area (Å²) in [7, 11) is 0. The zero-order valence-electron chi connectivity index (χ0n) is 9.24. The van der Waals surface area contributed by atoms with Gasteiger partial charge in [0, 0.05) is 0 Å². The van der Waals surface area contributed by atoms with Gasteiger partial charge in [-0.05, 0) is 36.5 Å². The first kappa shape index (κ1) is 13.4. The van der Waals surface area contributed by atoms with Crippen LogP contribution in [-0.4, -0.2) is 0 Å². The topological polar surface area (TPSA) is 0 Å². The fraction of sp³-hybridized carbons (Fsp3) is 0.500. The molecule has 0 fully saturated rings. The SMILES string of the molecule is CCC(CC)c1ccc(Cl)c(C(F)(F)F)c1. The maximum absolute atomic E-state index is 12.6. The molecular weight excluding hydrogens is 237 g/mol. The normalized spacial score (nSPS) is 12.2. The number of hydrogen-bond acceptors (Lipinski definition) is 0. The fourth-order valence-corrected chi connectivity index (χ4v) is 2.00. The van der Waals surface area contributed by atoms with Crippen molar-refractivity contribution in [1.29, 1.82) is 0 Å². The molecule has 0 aliphatic rings. The lowest BCUT2D eigenvalue weighted by molar-refractivity contribution is -0.137. The van der Waals surface area contributed by atoms with Gasteiger partial charge >= 0.3 is 6.18 Å². The molecule has 0 aromatic heterocycles. The van der Waals surface area contributed by atoms with E-state index < -0.39 is 11.7 Å². The average molecular weight is 251 g/mol. The lowest BCUT2D eigenvalue weighted by Gasteiger charge is -2.16. The number of rotatable bonds is 3. The van der Waals surface area contributed by atoms with E-state index in [-0.39, 0.29) is 10.9 Å². The highest BCUT2D eigenvalue weighted by atomic mass is 35.5. The lowest BCUT2D eigenvalue weighted by atomic mass is 9.93. The molecular formula is C12H14ClF3. The first-order valence-corrected chi connectivity index (χ1v) is 5.64. The van der Waals surface area contributed by atoms with Crippen LogP contribution in [0.15, 0.2) is 18.2 Å². The summed E-state index contributed by atoms with van der Waals surface area (Å²) in [5.74, 6) is 0.165. The molecule has 1 aromatic carbocycles. The van der Waals surface area contributed by atoms with E-state index in [1.807, 2.05) is 13.8 Å². The molecule has 0 nitrogen and oxygen atoms in total. The molecule has 0 radical (unpaired) electrons. The summed E-state index contributed by atoms with van der Waals surface area (Å²) in [5.41, 5.74) is -0.0275. The van der Waals surface area contributed by atoms with Crippen LogP contribution in [0.25, 0.3) is 0 Å². The maximum atomic E-state index is 12.6. The van der Waals surface area contributed by atoms with Gasteiger partial charge in [0.25, 0.3) is 0 Å². The molecule has 0 spiro atoms. The van der Waals surface area contributed by atoms with Crippen molar-refractivity contribution in [2.45, 2.75) is 38.8 Å². The number of alkyl halides is 3. The molecule has 0 heterocycles. The van der Waals surface area contributed by atoms with Gasteiger partial charge < -0.3 is 0 Å². The summed E-state index contributed by atoms with van der Waals surface area (Å²) in [6.07, 6.45) is -2.72. The van der Waals surface area contributed by atoms with Crippen LogP contribution in [0.5, 0.6) is 0 Å². The minimum atomic E-state index is -4.38. The maximum Gasteiger partial charge on any atom is 0.417 e. The van der Waals surface area contributed by atoms with Crippen molar-refractivity contribution in [3.05, 3.63) is 34.3 Å². The fourth-order valence-electron chi connectivity index (χ4n) is 1.77. The standard InChI is InChI=1S/C12H14ClF3/c1-3-8(4-2)9-5-6-11(13)10(7-9)12(14,15)16/h5-8H,3-4H2,1-2H3. The average Bonchev–Trinajstić information content (AvgIpc) is 2.20. The van der Waals surface area contributed by atoms with Gasteiger partial charge in [-0.1, -0.05) is 31.5 Å². The predicted molar refractivity (Wildman–Crippen MR) is 59.8 cm³/mol. The van der Waals surface area contributed by atoms with Gasteiger partial charge in [0.15, 0.2) is 0 Å². The number of benzene rings is 1. The predicted octanol–water partition coefficient (Wildman–Crippen LogP) is 5.26. The summed E-state index contributed by atoms with van der Waals surface area (Å²) in [6, 6.07) is 4.17. The molecule has 0 aliphatic carbocycles. The monoisotopic (exact) mass is 250 g/mol. The molecule has 1 rings (SSSR count). The largest absolute Gasteiger partial charge is 0.417 e. The van der Waals surface area contributed by atoms with Gasteiger partial charge in [-0.15, -0.1) is 0 Å². The Morgan fingerprint density at radius 3 is 2.19 bits per heavy atom. The molecule has 0 atom stereocenters. The minimum absolute atomic E-state index is 0.165. The van der Waals surface area contributed by atoms with Gasteiger partial charge in [0.05, 0.1) is 10.6 Å². The van der Waals surface area contributed by atoms with Crippen molar-refractivity contribution < 1.29 is 13.2 Å². The second kappa shape index (κ2) is 5.09. The van der Waals surface area contributed by atoms with Crippen molar-refractivity contribution in [2.24, 2.45) is 0 Å². The molecule has 0 N–H and O–H groups in total. The Balaban J connectivity index is 3.17. The van der Waals surface area contributed by atoms with Crippen LogP contribution in [0.3, 0.4) is 0 Å². The summed E-state index contributed by atoms with van der Waals surface area (Å²) in [5, 5.41) is -0.234. The number of halogens is 4. The van der Waals surface area contributed by atoms with Gasteiger partial charge in [0.1, 0.15) is 0 Å². The quantitative estimate of drug-likeness (QED) is 0.686. The van der Waals surface area contributed by atoms with Crippen molar-refractivity contribution in [3.63, 3.8) is 0 Å². The Kier molecular flexibility index (Phi) is 4.25. The molecule has 16 heavy (non-hydrogen) atoms. The summed E-state index contributed by atoms with van der Waals surface area (Å²) in [4.78, 5) is 0. The molecule has 0 saturated carbocycles. The molecule has 0 bridgehead atoms. The van der Waals surface area contributed by atoms with E-state index in [0.29, 0.717) is 5.56 Å². The van der Waals surface area contributed by atoms with E-state index in [1.54, 1.807) is 6.07 Å². The Morgan fingerprint density at radius 2 is 1.75 bits per heavy atom. The van der Waals surface area contributed by atoms with Gasteiger partial charge in [-0.25, -0.2) is 0 Å². The van der Waals surface area contributed by atoms with Crippen molar-refractivity contribution in [1.82, 2.24) is 0 Å². The Bertz CT molecular complexity index is 354. The van der Waals surface area contributed by atoms with Crippen LogP contribution in [0.1, 0.15) is 43.7 Å². The Morgan fingerprint density at radius 1 is 1.19 bits per heavy atom. The smallest absolute Gasteiger partial charge is 0.166 e. The first-order valence-electron chi connectivity index (χ1n) is 5.26. The molecule has 0 aliphatic heterocycles. The second-order valence-corrected chi connectivity index (χ2v) is 4.16. The van der Waals surface area contributed by atoms with E-state index >= 15 is 0 Å². The molecule has 90 valence electrons. The molecule has 1 aromatic rings. The van der Waals surface area contributed by atoms with E-state index in [4.69, 9.17) is 11.6 Å². The highest BCUT2D eigenvalue weighted by molar-refractivity contribution is 6.31. The van der Waals surface area contributed by atoms with Crippen molar-refractivity contribution >= 4 is 11.6 Å². The molecule has 4 heteroatoms. The lowest BCUT2D eigenvalue weighted by Crippen LogP contribution is -2.07. The molecule has 0 saturated heterocycles. The zero-order valence-corrected chi connectivity index (χ0v) is 9.99. The second-order valence-electron chi connectivity index (χ2n) is 3.75. The van der Waals surface area contributed by atoms with Crippen LogP contribution < -0.4 is 0 Å². The summed E-state index contributed by atoms with van der Waals surface area (Å²) >= 11 is 5.55. The minimum Gasteiger partial charge on any atom is -0.166 e. The van der Waals surface area contributed by atoms with Gasteiger partial charge in [0.2, 0.25) is 0 Å². The van der Waals surface area contributed by atoms with Crippen LogP contribution in [0.4, 0.5) is 13.2 Å². The van der Waals surface area contributed by atoms with Crippen LogP contribution >= 0.6 is 11.6 Å². The third kappa shape index (κ3) is 2.91. The highest BCUT2D eigenvalue weighted by Crippen LogP contribution is 2.37. The van der Waals surface area contributed by atoms with Crippen molar-refractivity contribution in [3.8, 4) is 0 Å². The molecule has 0 amide bonds. The van der Waals surface area contributed by atoms with Gasteiger partial charge in [-0.2, -0.15) is 13.2 Å². The van der Waals surface area contributed by atoms with E-state index in [2.05, 4.69) is 0 Å². The highest BCUT2D eigenvalue weighted by Gasteiger charge is 2.33. The van der Waals surface area contributed by atoms with Crippen LogP contribution in [0.2, 0.25) is 5.02 Å². The summed E-state index contributed by atoms with van der Waals surface area (Å²) in [6.45, 7) is 3.94. The zero-order chi connectivity index (χ0) is 12.3. The first-order chi connectivity index (χ1) is 7.40. The van der Waals surface area contributed by atoms with Gasteiger partial charge in [-0.3, -0.25) is 0 Å². The van der Waals surface area contributed by atoms with E-state index in [9.17, 15) is 13.2 Å². The van der Waals surface area contributed by atoms with E-state index in [1.165, 1.54) is 12.1 Å². The molecule has 0 unspecified atom stereocenters.